The van der Waals surface area contributed by atoms with Crippen molar-refractivity contribution in [2.45, 2.75) is 32.2 Å². The molecule has 1 saturated heterocycles. The number of piperidine rings is 1. The van der Waals surface area contributed by atoms with Crippen molar-refractivity contribution in [3.63, 3.8) is 0 Å². The van der Waals surface area contributed by atoms with Gasteiger partial charge in [-0.2, -0.15) is 5.10 Å². The molecule has 5 nitrogen and oxygen atoms in total. The number of nitrogens with zero attached hydrogens (tertiary/aromatic N) is 4. The van der Waals surface area contributed by atoms with E-state index < -0.39 is 0 Å². The molecule has 1 aliphatic rings. The zero-order valence-corrected chi connectivity index (χ0v) is 11.6. The molecule has 102 valence electrons. The van der Waals surface area contributed by atoms with E-state index in [4.69, 9.17) is 0 Å². The van der Waals surface area contributed by atoms with Crippen molar-refractivity contribution in [1.29, 1.82) is 0 Å². The molecule has 0 spiro atoms. The molecular weight excluding hydrogens is 238 g/mol. The van der Waals surface area contributed by atoms with Gasteiger partial charge in [0.2, 0.25) is 0 Å². The number of aryl methyl sites for hydroxylation is 1. The zero-order chi connectivity index (χ0) is 13.2. The maximum atomic E-state index is 4.61. The minimum absolute atomic E-state index is 0.535. The predicted octanol–water partition coefficient (Wildman–Crippen LogP) is 1.62. The summed E-state index contributed by atoms with van der Waals surface area (Å²) in [6, 6.07) is 2.65. The highest BCUT2D eigenvalue weighted by molar-refractivity contribution is 5.69. The molecule has 1 atom stereocenters. The standard InChI is InChI=1S/C14H21N5/c1-11-9-13-14(16-6-8-19(13)17-11)18-7-4-3-5-12(18)10-15-2/h6,8-9,12,15H,3-5,7,10H2,1-2H3. The number of nitrogens with one attached hydrogen (secondary N) is 1. The lowest BCUT2D eigenvalue weighted by molar-refractivity contribution is 0.444. The molecule has 0 aliphatic carbocycles. The highest BCUT2D eigenvalue weighted by Crippen LogP contribution is 2.26. The molecule has 2 aromatic rings. The number of anilines is 1. The summed E-state index contributed by atoms with van der Waals surface area (Å²) < 4.78 is 1.93. The van der Waals surface area contributed by atoms with Crippen molar-refractivity contribution < 1.29 is 0 Å². The molecule has 0 bridgehead atoms. The fourth-order valence-electron chi connectivity index (χ4n) is 2.98. The van der Waals surface area contributed by atoms with Gasteiger partial charge < -0.3 is 10.2 Å². The van der Waals surface area contributed by atoms with Crippen LogP contribution in [0, 0.1) is 6.92 Å². The molecule has 1 N–H and O–H groups in total. The topological polar surface area (TPSA) is 45.5 Å². The van der Waals surface area contributed by atoms with Crippen molar-refractivity contribution in [2.24, 2.45) is 0 Å². The molecule has 3 heterocycles. The van der Waals surface area contributed by atoms with Crippen LogP contribution < -0.4 is 10.2 Å². The second kappa shape index (κ2) is 5.17. The van der Waals surface area contributed by atoms with Crippen molar-refractivity contribution in [1.82, 2.24) is 19.9 Å². The van der Waals surface area contributed by atoms with Gasteiger partial charge in [0.25, 0.3) is 0 Å². The number of rotatable bonds is 3. The first kappa shape index (κ1) is 12.4. The van der Waals surface area contributed by atoms with Crippen LogP contribution in [0.15, 0.2) is 18.5 Å². The van der Waals surface area contributed by atoms with Gasteiger partial charge in [0.05, 0.1) is 5.69 Å². The Kier molecular flexibility index (Phi) is 3.38. The first-order valence-electron chi connectivity index (χ1n) is 7.02. The predicted molar refractivity (Wildman–Crippen MR) is 76.6 cm³/mol. The summed E-state index contributed by atoms with van der Waals surface area (Å²) in [6.07, 6.45) is 7.56. The molecule has 1 fully saturated rings. The fourth-order valence-corrected chi connectivity index (χ4v) is 2.98. The summed E-state index contributed by atoms with van der Waals surface area (Å²) in [5.74, 6) is 1.07. The quantitative estimate of drug-likeness (QED) is 0.909. The SMILES string of the molecule is CNCC1CCCCN1c1nccn2nc(C)cc12. The fraction of sp³-hybridized carbons (Fsp3) is 0.571. The van der Waals surface area contributed by atoms with Crippen LogP contribution >= 0.6 is 0 Å². The molecule has 0 amide bonds. The van der Waals surface area contributed by atoms with Crippen molar-refractivity contribution in [2.75, 3.05) is 25.0 Å². The monoisotopic (exact) mass is 259 g/mol. The number of fused-ring (bicyclic) bond motifs is 1. The number of hydrogen-bond acceptors (Lipinski definition) is 4. The maximum Gasteiger partial charge on any atom is 0.154 e. The van der Waals surface area contributed by atoms with E-state index in [1.165, 1.54) is 19.3 Å². The summed E-state index contributed by atoms with van der Waals surface area (Å²) >= 11 is 0. The molecule has 19 heavy (non-hydrogen) atoms. The van der Waals surface area contributed by atoms with E-state index in [-0.39, 0.29) is 0 Å². The second-order valence-electron chi connectivity index (χ2n) is 5.27. The van der Waals surface area contributed by atoms with Gasteiger partial charge in [-0.15, -0.1) is 0 Å². The Bertz CT molecular complexity index is 560. The normalized spacial score (nSPS) is 20.1. The molecular formula is C14H21N5. The van der Waals surface area contributed by atoms with Gasteiger partial charge >= 0.3 is 0 Å². The maximum absolute atomic E-state index is 4.61. The van der Waals surface area contributed by atoms with E-state index >= 15 is 0 Å². The van der Waals surface area contributed by atoms with E-state index in [9.17, 15) is 0 Å². The van der Waals surface area contributed by atoms with Crippen LogP contribution in [0.25, 0.3) is 5.52 Å². The second-order valence-corrected chi connectivity index (χ2v) is 5.27. The van der Waals surface area contributed by atoms with E-state index in [1.54, 1.807) is 0 Å². The Labute approximate surface area is 113 Å². The minimum Gasteiger partial charge on any atom is -0.351 e. The third kappa shape index (κ3) is 2.30. The Hall–Kier alpha value is -1.62. The van der Waals surface area contributed by atoms with Gasteiger partial charge in [0.15, 0.2) is 5.82 Å². The van der Waals surface area contributed by atoms with Gasteiger partial charge in [0.1, 0.15) is 5.52 Å². The van der Waals surface area contributed by atoms with E-state index in [1.807, 2.05) is 30.9 Å². The summed E-state index contributed by atoms with van der Waals surface area (Å²) in [5, 5.41) is 7.77. The van der Waals surface area contributed by atoms with Gasteiger partial charge in [-0.25, -0.2) is 9.50 Å². The van der Waals surface area contributed by atoms with Crippen molar-refractivity contribution in [3.05, 3.63) is 24.2 Å². The van der Waals surface area contributed by atoms with Crippen LogP contribution in [0.1, 0.15) is 25.0 Å². The third-order valence-corrected chi connectivity index (χ3v) is 3.83. The highest BCUT2D eigenvalue weighted by Gasteiger charge is 2.24. The lowest BCUT2D eigenvalue weighted by Crippen LogP contribution is -2.45. The van der Waals surface area contributed by atoms with E-state index in [0.29, 0.717) is 6.04 Å². The lowest BCUT2D eigenvalue weighted by atomic mass is 10.0. The molecule has 1 aliphatic heterocycles. The third-order valence-electron chi connectivity index (χ3n) is 3.83. The van der Waals surface area contributed by atoms with Gasteiger partial charge in [-0.1, -0.05) is 0 Å². The van der Waals surface area contributed by atoms with Crippen molar-refractivity contribution >= 4 is 11.3 Å². The average Bonchev–Trinajstić information content (AvgIpc) is 2.80. The summed E-state index contributed by atoms with van der Waals surface area (Å²) in [4.78, 5) is 7.05. The minimum atomic E-state index is 0.535. The highest BCUT2D eigenvalue weighted by atomic mass is 15.3. The molecule has 1 unspecified atom stereocenters. The first-order chi connectivity index (χ1) is 9.29. The summed E-state index contributed by atoms with van der Waals surface area (Å²) in [7, 11) is 2.02. The van der Waals surface area contributed by atoms with E-state index in [2.05, 4.69) is 26.4 Å². The van der Waals surface area contributed by atoms with Crippen LogP contribution in [0.3, 0.4) is 0 Å². The smallest absolute Gasteiger partial charge is 0.154 e. The van der Waals surface area contributed by atoms with Gasteiger partial charge in [0, 0.05) is 31.5 Å². The van der Waals surface area contributed by atoms with E-state index in [0.717, 1.165) is 30.1 Å². The van der Waals surface area contributed by atoms with Crippen LogP contribution in [0.5, 0.6) is 0 Å². The molecule has 2 aromatic heterocycles. The molecule has 0 radical (unpaired) electrons. The molecule has 0 saturated carbocycles. The van der Waals surface area contributed by atoms with Gasteiger partial charge in [-0.05, 0) is 39.3 Å². The zero-order valence-electron chi connectivity index (χ0n) is 11.6. The molecule has 0 aromatic carbocycles. The number of aromatic nitrogens is 3. The van der Waals surface area contributed by atoms with Crippen LogP contribution in [0.4, 0.5) is 5.82 Å². The Morgan fingerprint density at radius 1 is 1.42 bits per heavy atom. The Balaban J connectivity index is 2.01. The van der Waals surface area contributed by atoms with Gasteiger partial charge in [-0.3, -0.25) is 0 Å². The number of likely N-dealkylation sites (N-methyl/N-ethyl adjacent to an activating group) is 1. The lowest BCUT2D eigenvalue weighted by Gasteiger charge is -2.36. The van der Waals surface area contributed by atoms with Crippen molar-refractivity contribution in [3.8, 4) is 0 Å². The van der Waals surface area contributed by atoms with Crippen LogP contribution in [-0.2, 0) is 0 Å². The average molecular weight is 259 g/mol. The summed E-state index contributed by atoms with van der Waals surface area (Å²) in [6.45, 7) is 4.12. The number of hydrogen-bond donors (Lipinski definition) is 1. The Morgan fingerprint density at radius 3 is 3.16 bits per heavy atom. The van der Waals surface area contributed by atoms with Crippen LogP contribution in [0.2, 0.25) is 0 Å². The molecule has 5 heteroatoms. The Morgan fingerprint density at radius 2 is 2.32 bits per heavy atom. The first-order valence-corrected chi connectivity index (χ1v) is 7.02. The largest absolute Gasteiger partial charge is 0.351 e. The van der Waals surface area contributed by atoms with Crippen LogP contribution in [-0.4, -0.2) is 40.8 Å². The summed E-state index contributed by atoms with van der Waals surface area (Å²) in [5.41, 5.74) is 2.15. The molecule has 3 rings (SSSR count).